The number of benzene rings is 1. The Balaban J connectivity index is 0. The molecule has 0 amide bonds. The molecule has 0 nitrogen and oxygen atoms in total. The van der Waals surface area contributed by atoms with Gasteiger partial charge in [-0.25, -0.2) is 0 Å². The monoisotopic (exact) mass is 302 g/mol. The molecule has 58 valence electrons. The Labute approximate surface area is 91.0 Å². The van der Waals surface area contributed by atoms with E-state index in [1.165, 1.54) is 8.70 Å². The summed E-state index contributed by atoms with van der Waals surface area (Å²) in [6.07, 6.45) is 0. The first kappa shape index (κ1) is 13.5. The zero-order valence-corrected chi connectivity index (χ0v) is 11.8. The van der Waals surface area contributed by atoms with E-state index in [0.29, 0.717) is 0 Å². The molecule has 0 heterocycles. The zero-order chi connectivity index (χ0) is 5.98. The summed E-state index contributed by atoms with van der Waals surface area (Å²) in [4.78, 5) is 0. The van der Waals surface area contributed by atoms with Crippen molar-refractivity contribution in [1.82, 2.24) is 0 Å². The van der Waals surface area contributed by atoms with Crippen LogP contribution in [0.4, 0.5) is 0 Å². The van der Waals surface area contributed by atoms with Gasteiger partial charge in [-0.3, -0.25) is 0 Å². The summed E-state index contributed by atoms with van der Waals surface area (Å²) in [5.41, 5.74) is 0. The number of rotatable bonds is 0. The van der Waals surface area contributed by atoms with Gasteiger partial charge in [0.05, 0.1) is 0 Å². The van der Waals surface area contributed by atoms with Crippen LogP contribution in [-0.4, -0.2) is 33.7 Å². The first-order valence-electron chi connectivity index (χ1n) is 2.40. The van der Waals surface area contributed by atoms with Gasteiger partial charge in [0, 0.05) is 0 Å². The second kappa shape index (κ2) is 6.62. The van der Waals surface area contributed by atoms with Crippen LogP contribution in [0.2, 0.25) is 0 Å². The molecule has 0 saturated carbocycles. The van der Waals surface area contributed by atoms with Gasteiger partial charge in [0.15, 0.2) is 0 Å². The van der Waals surface area contributed by atoms with E-state index >= 15 is 0 Å². The molecule has 0 saturated heterocycles. The molecule has 2 atom stereocenters. The van der Waals surface area contributed by atoms with Crippen LogP contribution in [0.25, 0.3) is 0 Å². The predicted molar refractivity (Wildman–Crippen MR) is 57.3 cm³/mol. The molecule has 10 heavy (non-hydrogen) atoms. The average molecular weight is 303 g/mol. The molecule has 0 fully saturated rings. The maximum atomic E-state index is 2.16. The molecule has 1 aromatic rings. The van der Waals surface area contributed by atoms with Crippen molar-refractivity contribution in [3.8, 4) is 0 Å². The van der Waals surface area contributed by atoms with Crippen LogP contribution in [0.3, 0.4) is 0 Å². The molecule has 4 heteroatoms. The van der Waals surface area contributed by atoms with Gasteiger partial charge >= 0.3 is 66.7 Å². The number of hydrogen-bond acceptors (Lipinski definition) is 0. The van der Waals surface area contributed by atoms with E-state index in [2.05, 4.69) is 24.3 Å². The van der Waals surface area contributed by atoms with E-state index in [1.807, 2.05) is 0 Å². The molecule has 0 aliphatic heterocycles. The first-order valence-corrected chi connectivity index (χ1v) is 4.82. The second-order valence-electron chi connectivity index (χ2n) is 1.67. The normalized spacial score (nSPS) is 7.40. The Morgan fingerprint density at radius 1 is 0.700 bits per heavy atom. The molecule has 1 aromatic carbocycles. The molecule has 0 N–H and O–H groups in total. The van der Waals surface area contributed by atoms with E-state index in [0.717, 1.165) is 0 Å². The summed E-state index contributed by atoms with van der Waals surface area (Å²) in [6.45, 7) is 0. The Morgan fingerprint density at radius 2 is 0.900 bits per heavy atom. The van der Waals surface area contributed by atoms with Crippen molar-refractivity contribution < 1.29 is 0 Å². The molecule has 2 unspecified atom stereocenters. The van der Waals surface area contributed by atoms with Crippen molar-refractivity contribution in [2.24, 2.45) is 0 Å². The van der Waals surface area contributed by atoms with Crippen LogP contribution >= 0.6 is 24.8 Å². The molecule has 0 aliphatic carbocycles. The molecule has 0 radical (unpaired) electrons. The fourth-order valence-corrected chi connectivity index (χ4v) is 1.30. The number of hydrogen-bond donors (Lipinski definition) is 0. The van der Waals surface area contributed by atoms with E-state index < -0.39 is 0 Å². The van der Waals surface area contributed by atoms with Gasteiger partial charge in [0.1, 0.15) is 0 Å². The van der Waals surface area contributed by atoms with Crippen molar-refractivity contribution in [1.29, 1.82) is 0 Å². The maximum absolute atomic E-state index is 2.16. The van der Waals surface area contributed by atoms with Crippen molar-refractivity contribution in [2.45, 2.75) is 0 Å². The Hall–Kier alpha value is 0.917. The molecular formula is C6H10As2Cl2. The minimum atomic E-state index is 0. The molecule has 0 aromatic heterocycles. The van der Waals surface area contributed by atoms with Gasteiger partial charge in [0.2, 0.25) is 0 Å². The average Bonchev–Trinajstić information content (AvgIpc) is 1.77. The summed E-state index contributed by atoms with van der Waals surface area (Å²) < 4.78 is 2.80. The van der Waals surface area contributed by atoms with Crippen LogP contribution in [0, 0.1) is 0 Å². The third kappa shape index (κ3) is 4.69. The number of halogens is 2. The molecular weight excluding hydrogens is 293 g/mol. The van der Waals surface area contributed by atoms with E-state index in [9.17, 15) is 0 Å². The molecule has 0 aliphatic rings. The summed E-state index contributed by atoms with van der Waals surface area (Å²) in [7, 11) is 0. The van der Waals surface area contributed by atoms with Crippen LogP contribution in [0.1, 0.15) is 0 Å². The van der Waals surface area contributed by atoms with Crippen molar-refractivity contribution >= 4 is 67.2 Å². The first-order chi connectivity index (χ1) is 3.79. The summed E-state index contributed by atoms with van der Waals surface area (Å²) >= 11 is 3.37. The SMILES string of the molecule is Cl.Cl.[AsH2]c1ccc([AsH2])cc1. The Morgan fingerprint density at radius 3 is 1.10 bits per heavy atom. The molecule has 0 spiro atoms. The van der Waals surface area contributed by atoms with Gasteiger partial charge in [-0.05, 0) is 0 Å². The van der Waals surface area contributed by atoms with Crippen LogP contribution in [0.15, 0.2) is 24.3 Å². The van der Waals surface area contributed by atoms with E-state index in [-0.39, 0.29) is 24.8 Å². The second-order valence-corrected chi connectivity index (χ2v) is 4.46. The fraction of sp³-hybridized carbons (Fsp3) is 0. The standard InChI is InChI=1S/C6H8As2.2ClH/c7-5-1-2-6(8)4-3-5;;/h1-4H,7-8H2;2*1H. The Bertz CT molecular complexity index is 153. The van der Waals surface area contributed by atoms with Crippen molar-refractivity contribution in [3.05, 3.63) is 24.3 Å². The topological polar surface area (TPSA) is 0 Å². The van der Waals surface area contributed by atoms with Crippen molar-refractivity contribution in [3.63, 3.8) is 0 Å². The van der Waals surface area contributed by atoms with Crippen LogP contribution < -0.4 is 8.70 Å². The van der Waals surface area contributed by atoms with Gasteiger partial charge < -0.3 is 0 Å². The van der Waals surface area contributed by atoms with Crippen LogP contribution in [-0.2, 0) is 0 Å². The summed E-state index contributed by atoms with van der Waals surface area (Å²) in [5, 5.41) is 0. The Kier molecular flexibility index (Phi) is 8.93. The van der Waals surface area contributed by atoms with Crippen LogP contribution in [0.5, 0.6) is 0 Å². The zero-order valence-electron chi connectivity index (χ0n) is 5.28. The minimum absolute atomic E-state index is 0. The van der Waals surface area contributed by atoms with Gasteiger partial charge in [-0.1, -0.05) is 0 Å². The van der Waals surface area contributed by atoms with E-state index in [4.69, 9.17) is 0 Å². The third-order valence-corrected chi connectivity index (χ3v) is 2.55. The van der Waals surface area contributed by atoms with Gasteiger partial charge in [-0.15, -0.1) is 24.8 Å². The molecule has 1 rings (SSSR count). The fourth-order valence-electron chi connectivity index (χ4n) is 0.496. The predicted octanol–water partition coefficient (Wildman–Crippen LogP) is -0.953. The van der Waals surface area contributed by atoms with Gasteiger partial charge in [-0.2, -0.15) is 0 Å². The van der Waals surface area contributed by atoms with Gasteiger partial charge in [0.25, 0.3) is 0 Å². The van der Waals surface area contributed by atoms with Crippen molar-refractivity contribution in [2.75, 3.05) is 0 Å². The third-order valence-electron chi connectivity index (χ3n) is 0.936. The van der Waals surface area contributed by atoms with E-state index in [1.54, 1.807) is 33.7 Å². The molecule has 0 bridgehead atoms. The quantitative estimate of drug-likeness (QED) is 0.542. The summed E-state index contributed by atoms with van der Waals surface area (Å²) in [6, 6.07) is 8.66. The summed E-state index contributed by atoms with van der Waals surface area (Å²) in [5.74, 6) is 0.